The van der Waals surface area contributed by atoms with Gasteiger partial charge in [-0.05, 0) is 31.4 Å². The van der Waals surface area contributed by atoms with E-state index in [0.29, 0.717) is 12.0 Å². The average Bonchev–Trinajstić information content (AvgIpc) is 2.54. The number of rotatable bonds is 1. The van der Waals surface area contributed by atoms with E-state index in [1.807, 2.05) is 18.3 Å². The molecular formula is C10H14N2. The highest BCUT2D eigenvalue weighted by molar-refractivity contribution is 5.11. The van der Waals surface area contributed by atoms with Crippen molar-refractivity contribution in [3.63, 3.8) is 0 Å². The Kier molecular flexibility index (Phi) is 2.09. The topological polar surface area (TPSA) is 38.9 Å². The normalized spacial score (nSPS) is 29.1. The highest BCUT2D eigenvalue weighted by atomic mass is 14.7. The number of aromatic nitrogens is 1. The largest absolute Gasteiger partial charge is 0.328 e. The molecule has 1 aliphatic carbocycles. The first-order valence-electron chi connectivity index (χ1n) is 4.53. The van der Waals surface area contributed by atoms with Crippen molar-refractivity contribution in [2.45, 2.75) is 31.2 Å². The molecule has 1 aromatic rings. The first-order chi connectivity index (χ1) is 5.86. The third-order valence-corrected chi connectivity index (χ3v) is 2.58. The molecule has 0 unspecified atom stereocenters. The molecule has 2 atom stereocenters. The van der Waals surface area contributed by atoms with E-state index >= 15 is 0 Å². The molecular weight excluding hydrogens is 148 g/mol. The molecule has 0 amide bonds. The van der Waals surface area contributed by atoms with Crippen LogP contribution < -0.4 is 5.73 Å². The molecule has 2 nitrogen and oxygen atoms in total. The Morgan fingerprint density at radius 3 is 2.83 bits per heavy atom. The van der Waals surface area contributed by atoms with Crippen molar-refractivity contribution in [1.82, 2.24) is 4.98 Å². The monoisotopic (exact) mass is 162 g/mol. The molecule has 2 heteroatoms. The summed E-state index contributed by atoms with van der Waals surface area (Å²) in [6.07, 6.45) is 5.33. The Bertz CT molecular complexity index is 245. The van der Waals surface area contributed by atoms with E-state index in [9.17, 15) is 0 Å². The van der Waals surface area contributed by atoms with Crippen LogP contribution in [0.2, 0.25) is 0 Å². The van der Waals surface area contributed by atoms with Gasteiger partial charge in [-0.3, -0.25) is 4.98 Å². The van der Waals surface area contributed by atoms with Gasteiger partial charge in [0, 0.05) is 23.9 Å². The molecule has 0 bridgehead atoms. The Morgan fingerprint density at radius 2 is 2.25 bits per heavy atom. The van der Waals surface area contributed by atoms with Crippen molar-refractivity contribution < 1.29 is 0 Å². The van der Waals surface area contributed by atoms with Crippen molar-refractivity contribution in [3.8, 4) is 0 Å². The van der Waals surface area contributed by atoms with Gasteiger partial charge >= 0.3 is 0 Å². The van der Waals surface area contributed by atoms with Gasteiger partial charge in [-0.2, -0.15) is 0 Å². The van der Waals surface area contributed by atoms with Gasteiger partial charge in [-0.15, -0.1) is 0 Å². The third-order valence-electron chi connectivity index (χ3n) is 2.58. The van der Waals surface area contributed by atoms with Crippen LogP contribution in [0, 0.1) is 0 Å². The van der Waals surface area contributed by atoms with Gasteiger partial charge in [0.2, 0.25) is 0 Å². The fourth-order valence-electron chi connectivity index (χ4n) is 1.90. The van der Waals surface area contributed by atoms with Crippen LogP contribution in [0.4, 0.5) is 0 Å². The quantitative estimate of drug-likeness (QED) is 0.682. The summed E-state index contributed by atoms with van der Waals surface area (Å²) in [5.74, 6) is 0.612. The fourth-order valence-corrected chi connectivity index (χ4v) is 1.90. The minimum atomic E-state index is 0.400. The highest BCUT2D eigenvalue weighted by Crippen LogP contribution is 2.31. The second-order valence-electron chi connectivity index (χ2n) is 3.52. The van der Waals surface area contributed by atoms with E-state index in [4.69, 9.17) is 5.73 Å². The minimum absolute atomic E-state index is 0.400. The zero-order chi connectivity index (χ0) is 8.39. The molecule has 0 radical (unpaired) electrons. The summed E-state index contributed by atoms with van der Waals surface area (Å²) in [7, 11) is 0. The molecule has 0 aliphatic heterocycles. The summed E-state index contributed by atoms with van der Waals surface area (Å²) in [5, 5.41) is 0. The van der Waals surface area contributed by atoms with Crippen LogP contribution in [0.15, 0.2) is 24.4 Å². The molecule has 1 aromatic heterocycles. The van der Waals surface area contributed by atoms with E-state index in [2.05, 4.69) is 11.1 Å². The lowest BCUT2D eigenvalue weighted by atomic mass is 10.0. The predicted molar refractivity (Wildman–Crippen MR) is 48.8 cm³/mol. The van der Waals surface area contributed by atoms with Gasteiger partial charge in [0.1, 0.15) is 0 Å². The zero-order valence-corrected chi connectivity index (χ0v) is 7.11. The van der Waals surface area contributed by atoms with Gasteiger partial charge in [-0.25, -0.2) is 0 Å². The lowest BCUT2D eigenvalue weighted by molar-refractivity contribution is 0.662. The maximum absolute atomic E-state index is 5.83. The first kappa shape index (κ1) is 7.74. The van der Waals surface area contributed by atoms with E-state index in [-0.39, 0.29) is 0 Å². The van der Waals surface area contributed by atoms with Gasteiger partial charge in [0.25, 0.3) is 0 Å². The SMILES string of the molecule is N[C@@H]1CC[C@H](c2ccccn2)C1. The molecule has 1 heterocycles. The van der Waals surface area contributed by atoms with Crippen LogP contribution in [0.3, 0.4) is 0 Å². The van der Waals surface area contributed by atoms with Crippen LogP contribution >= 0.6 is 0 Å². The van der Waals surface area contributed by atoms with E-state index in [1.54, 1.807) is 0 Å². The number of hydrogen-bond acceptors (Lipinski definition) is 2. The first-order valence-corrected chi connectivity index (χ1v) is 4.53. The molecule has 12 heavy (non-hydrogen) atoms. The van der Waals surface area contributed by atoms with Crippen LogP contribution in [-0.2, 0) is 0 Å². The van der Waals surface area contributed by atoms with Crippen LogP contribution in [0.1, 0.15) is 30.9 Å². The molecule has 0 saturated heterocycles. The molecule has 2 rings (SSSR count). The standard InChI is InChI=1S/C10H14N2/c11-9-5-4-8(7-9)10-3-1-2-6-12-10/h1-3,6,8-9H,4-5,7,11H2/t8-,9+/m0/s1. The predicted octanol–water partition coefficient (Wildman–Crippen LogP) is 1.68. The lowest BCUT2D eigenvalue weighted by Gasteiger charge is -2.07. The summed E-state index contributed by atoms with van der Waals surface area (Å²) in [5.41, 5.74) is 7.05. The number of nitrogens with zero attached hydrogens (tertiary/aromatic N) is 1. The Morgan fingerprint density at radius 1 is 1.33 bits per heavy atom. The van der Waals surface area contributed by atoms with Gasteiger partial charge in [0.05, 0.1) is 0 Å². The summed E-state index contributed by atoms with van der Waals surface area (Å²) in [4.78, 5) is 4.34. The maximum Gasteiger partial charge on any atom is 0.0435 e. The van der Waals surface area contributed by atoms with Crippen molar-refractivity contribution in [3.05, 3.63) is 30.1 Å². The highest BCUT2D eigenvalue weighted by Gasteiger charge is 2.23. The molecule has 0 aromatic carbocycles. The number of hydrogen-bond donors (Lipinski definition) is 1. The van der Waals surface area contributed by atoms with Gasteiger partial charge in [0.15, 0.2) is 0 Å². The van der Waals surface area contributed by atoms with Crippen LogP contribution in [0.25, 0.3) is 0 Å². The van der Waals surface area contributed by atoms with Crippen LogP contribution in [-0.4, -0.2) is 11.0 Å². The van der Waals surface area contributed by atoms with Gasteiger partial charge in [-0.1, -0.05) is 6.07 Å². The van der Waals surface area contributed by atoms with E-state index in [1.165, 1.54) is 12.1 Å². The lowest BCUT2D eigenvalue weighted by Crippen LogP contribution is -2.14. The number of nitrogens with two attached hydrogens (primary N) is 1. The second kappa shape index (κ2) is 3.23. The van der Waals surface area contributed by atoms with E-state index < -0.39 is 0 Å². The second-order valence-corrected chi connectivity index (χ2v) is 3.52. The van der Waals surface area contributed by atoms with Crippen molar-refractivity contribution in [2.24, 2.45) is 5.73 Å². The summed E-state index contributed by atoms with van der Waals surface area (Å²) in [6, 6.07) is 6.50. The van der Waals surface area contributed by atoms with Crippen molar-refractivity contribution in [2.75, 3.05) is 0 Å². The van der Waals surface area contributed by atoms with Crippen LogP contribution in [0.5, 0.6) is 0 Å². The average molecular weight is 162 g/mol. The summed E-state index contributed by atoms with van der Waals surface area (Å²) in [6.45, 7) is 0. The van der Waals surface area contributed by atoms with Crippen molar-refractivity contribution in [1.29, 1.82) is 0 Å². The molecule has 1 fully saturated rings. The van der Waals surface area contributed by atoms with Gasteiger partial charge < -0.3 is 5.73 Å². The fraction of sp³-hybridized carbons (Fsp3) is 0.500. The molecule has 1 aliphatic rings. The molecule has 2 N–H and O–H groups in total. The summed E-state index contributed by atoms with van der Waals surface area (Å²) < 4.78 is 0. The molecule has 1 saturated carbocycles. The summed E-state index contributed by atoms with van der Waals surface area (Å²) >= 11 is 0. The smallest absolute Gasteiger partial charge is 0.0435 e. The Balaban J connectivity index is 2.11. The molecule has 64 valence electrons. The maximum atomic E-state index is 5.83. The molecule has 0 spiro atoms. The Labute approximate surface area is 72.8 Å². The van der Waals surface area contributed by atoms with E-state index in [0.717, 1.165) is 12.8 Å². The third kappa shape index (κ3) is 1.48. The number of pyridine rings is 1. The van der Waals surface area contributed by atoms with Crippen molar-refractivity contribution >= 4 is 0 Å². The minimum Gasteiger partial charge on any atom is -0.328 e. The Hall–Kier alpha value is -0.890. The zero-order valence-electron chi connectivity index (χ0n) is 7.11.